The van der Waals surface area contributed by atoms with Crippen LogP contribution in [0.25, 0.3) is 0 Å². The molecule has 0 aromatic rings. The van der Waals surface area contributed by atoms with E-state index in [0.717, 1.165) is 0 Å². The molecule has 1 radical (unpaired) electrons. The van der Waals surface area contributed by atoms with Gasteiger partial charge in [0.2, 0.25) is 0 Å². The summed E-state index contributed by atoms with van der Waals surface area (Å²) in [6, 6.07) is 0. The van der Waals surface area contributed by atoms with E-state index in [1.54, 1.807) is 0 Å². The largest absolute Gasteiger partial charge is 2.00 e. The van der Waals surface area contributed by atoms with Crippen molar-refractivity contribution >= 4 is 0 Å². The van der Waals surface area contributed by atoms with Crippen LogP contribution in [-0.2, 0) is 33.8 Å². The molecule has 0 spiro atoms. The van der Waals surface area contributed by atoms with Gasteiger partial charge in [0, 0.05) is 0 Å². The summed E-state index contributed by atoms with van der Waals surface area (Å²) in [4.78, 5) is 0. The molecule has 0 fully saturated rings. The maximum absolute atomic E-state index is 6.25. The summed E-state index contributed by atoms with van der Waals surface area (Å²) in [5, 5.41) is 31.2. The minimum absolute atomic E-state index is 0. The molecule has 8 heteroatoms. The van der Waals surface area contributed by atoms with E-state index in [1.165, 1.54) is 0 Å². The van der Waals surface area contributed by atoms with Crippen LogP contribution in [0.3, 0.4) is 0 Å². The zero-order chi connectivity index (χ0) is 10.0. The molecular formula is C5CoFeN5Na. The van der Waals surface area contributed by atoms with Crippen molar-refractivity contribution in [1.29, 1.82) is 26.3 Å². The Morgan fingerprint density at radius 3 is 0.462 bits per heavy atom. The Morgan fingerprint density at radius 1 is 0.462 bits per heavy atom. The predicted molar refractivity (Wildman–Crippen MR) is 24.8 cm³/mol. The van der Waals surface area contributed by atoms with Crippen molar-refractivity contribution in [2.45, 2.75) is 0 Å². The van der Waals surface area contributed by atoms with Crippen LogP contribution in [0.4, 0.5) is 0 Å². The SMILES string of the molecule is [C-]#N.[C-]#N.[C-]#N.[C-]#N.[C-]#N.[Co+2].[Fe+2].[Na+]. The fourth-order valence-electron chi connectivity index (χ4n) is 0. The summed E-state index contributed by atoms with van der Waals surface area (Å²) in [7, 11) is 0. The number of nitrogens with zero attached hydrogens (tertiary/aromatic N) is 5. The van der Waals surface area contributed by atoms with Gasteiger partial charge in [-0.2, -0.15) is 0 Å². The zero-order valence-corrected chi connectivity index (χ0v) is 10.6. The molecule has 0 saturated heterocycles. The third kappa shape index (κ3) is 3750. The van der Waals surface area contributed by atoms with Crippen LogP contribution in [0.5, 0.6) is 0 Å². The molecule has 0 bridgehead atoms. The van der Waals surface area contributed by atoms with Gasteiger partial charge in [-0.3, -0.25) is 0 Å². The van der Waals surface area contributed by atoms with Crippen molar-refractivity contribution in [3.8, 4) is 0 Å². The first-order valence-electron chi connectivity index (χ1n) is 1.12. The number of hydrogen-bond acceptors (Lipinski definition) is 5. The average Bonchev–Trinajstić information content (AvgIpc) is 2.20. The molecule has 0 amide bonds. The molecule has 0 saturated carbocycles. The molecule has 0 atom stereocenters. The van der Waals surface area contributed by atoms with Gasteiger partial charge in [0.25, 0.3) is 0 Å². The monoisotopic (exact) mass is 268 g/mol. The molecule has 0 aromatic heterocycles. The molecule has 0 unspecified atom stereocenters. The summed E-state index contributed by atoms with van der Waals surface area (Å²) in [6.07, 6.45) is 0. The van der Waals surface area contributed by atoms with E-state index in [2.05, 4.69) is 0 Å². The van der Waals surface area contributed by atoms with Crippen LogP contribution in [0.2, 0.25) is 0 Å². The second kappa shape index (κ2) is 4590. The summed E-state index contributed by atoms with van der Waals surface area (Å²) in [6.45, 7) is 23.8. The fraction of sp³-hybridized carbons (Fsp3) is 0. The standard InChI is InChI=1S/5CN.Co.Fe.Na/c5*1-2;;;/q5*-1;2*+2;+1. The van der Waals surface area contributed by atoms with Crippen molar-refractivity contribution in [2.24, 2.45) is 0 Å². The molecule has 0 N–H and O–H groups in total. The van der Waals surface area contributed by atoms with Crippen molar-refractivity contribution in [2.75, 3.05) is 0 Å². The van der Waals surface area contributed by atoms with Crippen molar-refractivity contribution in [3.63, 3.8) is 0 Å². The van der Waals surface area contributed by atoms with Gasteiger partial charge in [0.15, 0.2) is 0 Å². The first-order chi connectivity index (χ1) is 5.00. The van der Waals surface area contributed by atoms with Gasteiger partial charge in [-0.1, -0.05) is 0 Å². The van der Waals surface area contributed by atoms with Gasteiger partial charge in [-0.25, -0.2) is 0 Å². The smallest absolute Gasteiger partial charge is 0.512 e. The van der Waals surface area contributed by atoms with Gasteiger partial charge >= 0.3 is 63.4 Å². The van der Waals surface area contributed by atoms with Gasteiger partial charge in [-0.05, 0) is 0 Å². The molecule has 0 aliphatic rings. The Hall–Kier alpha value is -0.524. The van der Waals surface area contributed by atoms with Crippen LogP contribution in [-0.4, -0.2) is 0 Å². The van der Waals surface area contributed by atoms with E-state index in [9.17, 15) is 0 Å². The zero-order valence-electron chi connectivity index (χ0n) is 6.42. The molecule has 0 aliphatic heterocycles. The molecule has 0 heterocycles. The van der Waals surface area contributed by atoms with Crippen molar-refractivity contribution in [3.05, 3.63) is 32.9 Å². The Morgan fingerprint density at radius 2 is 0.462 bits per heavy atom. The topological polar surface area (TPSA) is 119 Å². The second-order valence-corrected chi connectivity index (χ2v) is 0. The third-order valence-corrected chi connectivity index (χ3v) is 0. The first-order valence-corrected chi connectivity index (χ1v) is 1.12. The van der Waals surface area contributed by atoms with Gasteiger partial charge < -0.3 is 59.2 Å². The molecule has 63 valence electrons. The minimum Gasteiger partial charge on any atom is -0.512 e. The maximum Gasteiger partial charge on any atom is 2.00 e. The summed E-state index contributed by atoms with van der Waals surface area (Å²) < 4.78 is 0. The predicted octanol–water partition coefficient (Wildman–Crippen LogP) is -2.52. The van der Waals surface area contributed by atoms with E-state index < -0.39 is 0 Å². The Bertz CT molecular complexity index is 83.5. The molecule has 13 heavy (non-hydrogen) atoms. The van der Waals surface area contributed by atoms with E-state index in [0.29, 0.717) is 0 Å². The Kier molecular flexibility index (Phi) is 28900. The summed E-state index contributed by atoms with van der Waals surface area (Å²) in [5.41, 5.74) is 0. The fourth-order valence-corrected chi connectivity index (χ4v) is 0. The molecule has 0 aromatic carbocycles. The van der Waals surface area contributed by atoms with Crippen LogP contribution in [0.1, 0.15) is 0 Å². The van der Waals surface area contributed by atoms with Crippen LogP contribution >= 0.6 is 0 Å². The van der Waals surface area contributed by atoms with E-state index >= 15 is 0 Å². The average molecular weight is 268 g/mol. The van der Waals surface area contributed by atoms with Crippen LogP contribution in [0, 0.1) is 59.2 Å². The number of hydrogen-bond donors (Lipinski definition) is 0. The molecule has 5 nitrogen and oxygen atoms in total. The quantitative estimate of drug-likeness (QED) is 0.354. The number of rotatable bonds is 0. The van der Waals surface area contributed by atoms with E-state index in [1.807, 2.05) is 0 Å². The van der Waals surface area contributed by atoms with Crippen LogP contribution < -0.4 is 29.6 Å². The molecule has 0 rings (SSSR count). The van der Waals surface area contributed by atoms with Crippen LogP contribution in [0.15, 0.2) is 0 Å². The van der Waals surface area contributed by atoms with E-state index in [-0.39, 0.29) is 63.4 Å². The Balaban J connectivity index is -0.00000000379. The van der Waals surface area contributed by atoms with Gasteiger partial charge in [0.05, 0.1) is 0 Å². The van der Waals surface area contributed by atoms with Gasteiger partial charge in [-0.15, -0.1) is 0 Å². The Labute approximate surface area is 122 Å². The second-order valence-electron chi connectivity index (χ2n) is 0. The summed E-state index contributed by atoms with van der Waals surface area (Å²) >= 11 is 0. The molecular weight excluding hydrogens is 268 g/mol. The molecule has 0 aliphatic carbocycles. The van der Waals surface area contributed by atoms with E-state index in [4.69, 9.17) is 59.2 Å². The van der Waals surface area contributed by atoms with Gasteiger partial charge in [0.1, 0.15) is 0 Å². The first kappa shape index (κ1) is 82.0. The minimum atomic E-state index is 0. The maximum atomic E-state index is 6.25. The van der Waals surface area contributed by atoms with Crippen molar-refractivity contribution in [1.82, 2.24) is 0 Å². The third-order valence-electron chi connectivity index (χ3n) is 0. The van der Waals surface area contributed by atoms with Crippen molar-refractivity contribution < 1.29 is 63.4 Å². The normalized spacial score (nSPS) is 0.769. The summed E-state index contributed by atoms with van der Waals surface area (Å²) in [5.74, 6) is 0.